The van der Waals surface area contributed by atoms with Crippen LogP contribution in [0.4, 0.5) is 11.4 Å². The van der Waals surface area contributed by atoms with Crippen LogP contribution in [0.1, 0.15) is 16.7 Å². The van der Waals surface area contributed by atoms with Gasteiger partial charge in [-0.1, -0.05) is 6.07 Å². The Labute approximate surface area is 126 Å². The third kappa shape index (κ3) is 2.56. The molecule has 108 valence electrons. The van der Waals surface area contributed by atoms with Crippen molar-refractivity contribution >= 4 is 11.4 Å². The van der Waals surface area contributed by atoms with E-state index in [9.17, 15) is 9.90 Å². The van der Waals surface area contributed by atoms with Crippen LogP contribution < -0.4 is 5.56 Å². The number of aromatic nitrogens is 1. The zero-order chi connectivity index (χ0) is 16.3. The van der Waals surface area contributed by atoms with Gasteiger partial charge >= 0.3 is 0 Å². The minimum absolute atomic E-state index is 0.0261. The summed E-state index contributed by atoms with van der Waals surface area (Å²) in [5, 5.41) is 35.5. The summed E-state index contributed by atoms with van der Waals surface area (Å²) < 4.78 is 0.936. The maximum atomic E-state index is 12.1. The largest absolute Gasteiger partial charge is 0.493 e. The van der Waals surface area contributed by atoms with Gasteiger partial charge in [-0.3, -0.25) is 9.36 Å². The summed E-state index contributed by atoms with van der Waals surface area (Å²) >= 11 is 0. The van der Waals surface area contributed by atoms with Gasteiger partial charge in [0.1, 0.15) is 11.6 Å². The van der Waals surface area contributed by atoms with E-state index in [1.807, 2.05) is 12.1 Å². The molecule has 0 saturated heterocycles. The lowest BCUT2D eigenvalue weighted by atomic mass is 10.1. The third-order valence-corrected chi connectivity index (χ3v) is 3.13. The quantitative estimate of drug-likeness (QED) is 0.856. The average molecular weight is 293 g/mol. The Morgan fingerprint density at radius 1 is 1.23 bits per heavy atom. The van der Waals surface area contributed by atoms with Crippen molar-refractivity contribution in [2.75, 3.05) is 0 Å². The van der Waals surface area contributed by atoms with Gasteiger partial charge in [0.05, 0.1) is 17.3 Å². The zero-order valence-electron chi connectivity index (χ0n) is 11.9. The molecule has 0 spiro atoms. The van der Waals surface area contributed by atoms with Gasteiger partial charge in [-0.25, -0.2) is 0 Å². The zero-order valence-corrected chi connectivity index (χ0v) is 11.9. The molecule has 1 heterocycles. The standard InChI is InChI=1S/C15H11N5O2/c1-9-12(8-17)14(21)20(2)15(22)13(9)19-18-11-5-3-4-10(6-11)7-16/h3-6,21H,1-2H3. The van der Waals surface area contributed by atoms with Crippen LogP contribution in [-0.4, -0.2) is 9.67 Å². The van der Waals surface area contributed by atoms with Gasteiger partial charge in [0, 0.05) is 12.6 Å². The molecule has 0 amide bonds. The number of hydrogen-bond donors (Lipinski definition) is 1. The maximum Gasteiger partial charge on any atom is 0.281 e. The number of benzene rings is 1. The summed E-state index contributed by atoms with van der Waals surface area (Å²) in [5.41, 5.74) is 0.468. The van der Waals surface area contributed by atoms with Crippen molar-refractivity contribution in [3.05, 3.63) is 51.3 Å². The number of aromatic hydroxyl groups is 1. The molecule has 0 radical (unpaired) electrons. The highest BCUT2D eigenvalue weighted by Crippen LogP contribution is 2.26. The Hall–Kier alpha value is -3.45. The molecule has 0 atom stereocenters. The van der Waals surface area contributed by atoms with Crippen LogP contribution >= 0.6 is 0 Å². The van der Waals surface area contributed by atoms with E-state index in [0.29, 0.717) is 11.3 Å². The molecule has 22 heavy (non-hydrogen) atoms. The molecule has 1 aromatic heterocycles. The second kappa shape index (κ2) is 5.90. The first-order valence-electron chi connectivity index (χ1n) is 6.24. The minimum atomic E-state index is -0.561. The van der Waals surface area contributed by atoms with Gasteiger partial charge in [-0.15, -0.1) is 5.11 Å². The molecule has 2 aromatic rings. The Balaban J connectivity index is 2.57. The van der Waals surface area contributed by atoms with Crippen LogP contribution in [0.3, 0.4) is 0 Å². The van der Waals surface area contributed by atoms with E-state index in [-0.39, 0.29) is 16.8 Å². The molecular formula is C15H11N5O2. The molecule has 0 aliphatic carbocycles. The fourth-order valence-electron chi connectivity index (χ4n) is 1.87. The average Bonchev–Trinajstić information content (AvgIpc) is 2.53. The van der Waals surface area contributed by atoms with Gasteiger partial charge < -0.3 is 5.11 Å². The lowest BCUT2D eigenvalue weighted by Crippen LogP contribution is -2.18. The molecule has 0 aliphatic rings. The lowest BCUT2D eigenvalue weighted by molar-refractivity contribution is 0.421. The SMILES string of the molecule is Cc1c(C#N)c(O)n(C)c(=O)c1N=Nc1cccc(C#N)c1. The van der Waals surface area contributed by atoms with Crippen molar-refractivity contribution in [1.82, 2.24) is 4.57 Å². The van der Waals surface area contributed by atoms with E-state index < -0.39 is 11.4 Å². The summed E-state index contributed by atoms with van der Waals surface area (Å²) in [6, 6.07) is 10.2. The monoisotopic (exact) mass is 293 g/mol. The van der Waals surface area contributed by atoms with Crippen molar-refractivity contribution in [2.24, 2.45) is 17.3 Å². The first-order valence-corrected chi connectivity index (χ1v) is 6.24. The van der Waals surface area contributed by atoms with E-state index in [1.54, 1.807) is 18.2 Å². The van der Waals surface area contributed by atoms with Crippen molar-refractivity contribution in [3.63, 3.8) is 0 Å². The van der Waals surface area contributed by atoms with Crippen LogP contribution in [0.5, 0.6) is 5.88 Å². The summed E-state index contributed by atoms with van der Waals surface area (Å²) in [6.07, 6.45) is 0. The van der Waals surface area contributed by atoms with Crippen molar-refractivity contribution < 1.29 is 5.11 Å². The predicted molar refractivity (Wildman–Crippen MR) is 78.1 cm³/mol. The smallest absolute Gasteiger partial charge is 0.281 e. The number of nitriles is 2. The van der Waals surface area contributed by atoms with Gasteiger partial charge in [0.15, 0.2) is 5.69 Å². The molecule has 0 saturated carbocycles. The van der Waals surface area contributed by atoms with E-state index in [0.717, 1.165) is 4.57 Å². The van der Waals surface area contributed by atoms with Crippen LogP contribution in [-0.2, 0) is 7.05 Å². The summed E-state index contributed by atoms with van der Waals surface area (Å²) in [4.78, 5) is 12.1. The fraction of sp³-hybridized carbons (Fsp3) is 0.133. The number of azo groups is 1. The Kier molecular flexibility index (Phi) is 4.01. The Morgan fingerprint density at radius 2 is 1.95 bits per heavy atom. The van der Waals surface area contributed by atoms with Gasteiger partial charge in [-0.2, -0.15) is 15.6 Å². The first-order chi connectivity index (χ1) is 10.5. The van der Waals surface area contributed by atoms with Gasteiger partial charge in [0.2, 0.25) is 5.88 Å². The highest BCUT2D eigenvalue weighted by atomic mass is 16.3. The predicted octanol–water partition coefficient (Wildman–Crippen LogP) is 2.56. The maximum absolute atomic E-state index is 12.1. The Morgan fingerprint density at radius 3 is 2.59 bits per heavy atom. The number of rotatable bonds is 2. The summed E-state index contributed by atoms with van der Waals surface area (Å²) in [7, 11) is 1.34. The molecular weight excluding hydrogens is 282 g/mol. The number of nitrogens with zero attached hydrogens (tertiary/aromatic N) is 5. The van der Waals surface area contributed by atoms with Crippen molar-refractivity contribution in [1.29, 1.82) is 10.5 Å². The van der Waals surface area contributed by atoms with Crippen LogP contribution in [0.2, 0.25) is 0 Å². The minimum Gasteiger partial charge on any atom is -0.493 e. The topological polar surface area (TPSA) is 115 Å². The fourth-order valence-corrected chi connectivity index (χ4v) is 1.87. The molecule has 7 nitrogen and oxygen atoms in total. The molecule has 1 aromatic carbocycles. The first kappa shape index (κ1) is 14.9. The molecule has 1 N–H and O–H groups in total. The number of pyridine rings is 1. The molecule has 0 aliphatic heterocycles. The molecule has 2 rings (SSSR count). The third-order valence-electron chi connectivity index (χ3n) is 3.13. The van der Waals surface area contributed by atoms with Crippen LogP contribution in [0.25, 0.3) is 0 Å². The van der Waals surface area contributed by atoms with Crippen LogP contribution in [0, 0.1) is 29.6 Å². The van der Waals surface area contributed by atoms with E-state index in [1.165, 1.54) is 20.0 Å². The summed E-state index contributed by atoms with van der Waals surface area (Å²) in [5.74, 6) is -0.407. The number of hydrogen-bond acceptors (Lipinski definition) is 6. The van der Waals surface area contributed by atoms with Crippen LogP contribution in [0.15, 0.2) is 39.3 Å². The van der Waals surface area contributed by atoms with E-state index in [4.69, 9.17) is 10.5 Å². The highest BCUT2D eigenvalue weighted by molar-refractivity contribution is 5.56. The normalized spacial score (nSPS) is 10.4. The molecule has 0 fully saturated rings. The van der Waals surface area contributed by atoms with Crippen molar-refractivity contribution in [2.45, 2.75) is 6.92 Å². The van der Waals surface area contributed by atoms with Crippen molar-refractivity contribution in [3.8, 4) is 18.0 Å². The van der Waals surface area contributed by atoms with Gasteiger partial charge in [0.25, 0.3) is 5.56 Å². The lowest BCUT2D eigenvalue weighted by Gasteiger charge is -2.08. The molecule has 0 unspecified atom stereocenters. The van der Waals surface area contributed by atoms with E-state index in [2.05, 4.69) is 10.2 Å². The van der Waals surface area contributed by atoms with Gasteiger partial charge in [-0.05, 0) is 25.1 Å². The molecule has 7 heteroatoms. The second-order valence-corrected chi connectivity index (χ2v) is 4.51. The highest BCUT2D eigenvalue weighted by Gasteiger charge is 2.16. The van der Waals surface area contributed by atoms with E-state index >= 15 is 0 Å². The second-order valence-electron chi connectivity index (χ2n) is 4.51. The summed E-state index contributed by atoms with van der Waals surface area (Å²) in [6.45, 7) is 1.51. The Bertz CT molecular complexity index is 913. The molecule has 0 bridgehead atoms.